The van der Waals surface area contributed by atoms with Gasteiger partial charge < -0.3 is 29.9 Å². The number of pyridine rings is 3. The highest BCUT2D eigenvalue weighted by Gasteiger charge is 2.23. The van der Waals surface area contributed by atoms with Gasteiger partial charge in [0.15, 0.2) is 0 Å². The Bertz CT molecular complexity index is 1770. The SMILES string of the molecule is COc1nc(-c2cccc(-c3nccc(-c4ccc(CNC5CCN(C(C)=O)CC5)c(OC)n4)c3Cl)c2Cl)ccc1CNC1CCN(C(C)=O)CC1. The van der Waals surface area contributed by atoms with E-state index in [0.717, 1.165) is 68.6 Å². The second-order valence-electron chi connectivity index (χ2n) is 13.2. The Kier molecular flexibility index (Phi) is 12.3. The third-order valence-electron chi connectivity index (χ3n) is 10.0. The van der Waals surface area contributed by atoms with E-state index in [2.05, 4.69) is 15.6 Å². The molecule has 1 aromatic carbocycles. The van der Waals surface area contributed by atoms with Crippen LogP contribution >= 0.6 is 23.2 Å². The number of hydrogen-bond acceptors (Lipinski definition) is 9. The number of likely N-dealkylation sites (tertiary alicyclic amines) is 2. The predicted octanol–water partition coefficient (Wildman–Crippen LogP) is 6.40. The lowest BCUT2D eigenvalue weighted by Crippen LogP contribution is -2.44. The molecule has 3 aromatic heterocycles. The van der Waals surface area contributed by atoms with Gasteiger partial charge >= 0.3 is 0 Å². The Balaban J connectivity index is 1.18. The second-order valence-corrected chi connectivity index (χ2v) is 14.0. The number of halogens is 2. The second kappa shape index (κ2) is 17.0. The van der Waals surface area contributed by atoms with Gasteiger partial charge in [0.05, 0.1) is 41.3 Å². The van der Waals surface area contributed by atoms with E-state index in [-0.39, 0.29) is 11.8 Å². The first-order chi connectivity index (χ1) is 25.2. The predicted molar refractivity (Wildman–Crippen MR) is 203 cm³/mol. The van der Waals surface area contributed by atoms with E-state index in [1.165, 1.54) is 0 Å². The van der Waals surface area contributed by atoms with Crippen molar-refractivity contribution in [2.75, 3.05) is 40.4 Å². The van der Waals surface area contributed by atoms with E-state index in [1.807, 2.05) is 58.3 Å². The summed E-state index contributed by atoms with van der Waals surface area (Å²) in [5.41, 5.74) is 5.79. The molecule has 13 heteroatoms. The summed E-state index contributed by atoms with van der Waals surface area (Å²) in [5.74, 6) is 1.28. The van der Waals surface area contributed by atoms with Crippen LogP contribution in [0.2, 0.25) is 10.0 Å². The summed E-state index contributed by atoms with van der Waals surface area (Å²) in [6.45, 7) is 7.48. The van der Waals surface area contributed by atoms with Gasteiger partial charge in [0.2, 0.25) is 23.6 Å². The molecule has 0 unspecified atom stereocenters. The number of piperidine rings is 2. The zero-order valence-corrected chi connectivity index (χ0v) is 31.6. The molecule has 0 saturated carbocycles. The van der Waals surface area contributed by atoms with Crippen molar-refractivity contribution in [1.82, 2.24) is 35.4 Å². The highest BCUT2D eigenvalue weighted by atomic mass is 35.5. The van der Waals surface area contributed by atoms with Crippen LogP contribution in [0.1, 0.15) is 50.7 Å². The van der Waals surface area contributed by atoms with E-state index >= 15 is 0 Å². The van der Waals surface area contributed by atoms with E-state index in [1.54, 1.807) is 34.3 Å². The molecule has 11 nitrogen and oxygen atoms in total. The molecule has 2 amide bonds. The summed E-state index contributed by atoms with van der Waals surface area (Å²) in [7, 11) is 3.22. The lowest BCUT2D eigenvalue weighted by atomic mass is 10.0. The van der Waals surface area contributed by atoms with Gasteiger partial charge in [-0.05, 0) is 43.9 Å². The van der Waals surface area contributed by atoms with Crippen molar-refractivity contribution in [2.24, 2.45) is 0 Å². The van der Waals surface area contributed by atoms with Gasteiger partial charge in [0.25, 0.3) is 0 Å². The summed E-state index contributed by atoms with van der Waals surface area (Å²) in [4.78, 5) is 41.4. The van der Waals surface area contributed by atoms with E-state index < -0.39 is 0 Å². The van der Waals surface area contributed by atoms with Crippen LogP contribution in [0.4, 0.5) is 0 Å². The number of carbonyl (C=O) groups is 2. The van der Waals surface area contributed by atoms with Crippen LogP contribution in [0.25, 0.3) is 33.8 Å². The maximum Gasteiger partial charge on any atom is 0.219 e. The number of hydrogen-bond donors (Lipinski definition) is 2. The van der Waals surface area contributed by atoms with Gasteiger partial charge in [-0.1, -0.05) is 53.5 Å². The number of rotatable bonds is 11. The quantitative estimate of drug-likeness (QED) is 0.180. The minimum Gasteiger partial charge on any atom is -0.481 e. The lowest BCUT2D eigenvalue weighted by Gasteiger charge is -2.31. The molecule has 0 spiro atoms. The van der Waals surface area contributed by atoms with Crippen molar-refractivity contribution in [1.29, 1.82) is 0 Å². The third kappa shape index (κ3) is 8.50. The number of ether oxygens (including phenoxy) is 2. The summed E-state index contributed by atoms with van der Waals surface area (Å²) < 4.78 is 11.4. The Morgan fingerprint density at radius 2 is 1.15 bits per heavy atom. The molecule has 4 aromatic rings. The third-order valence-corrected chi connectivity index (χ3v) is 10.8. The largest absolute Gasteiger partial charge is 0.481 e. The van der Waals surface area contributed by atoms with Crippen molar-refractivity contribution < 1.29 is 19.1 Å². The fraction of sp³-hybridized carbons (Fsp3) is 0.410. The number of nitrogens with zero attached hydrogens (tertiary/aromatic N) is 5. The van der Waals surface area contributed by atoms with Gasteiger partial charge in [0.1, 0.15) is 0 Å². The maximum absolute atomic E-state index is 11.7. The molecule has 0 bridgehead atoms. The molecule has 274 valence electrons. The average molecular weight is 747 g/mol. The monoisotopic (exact) mass is 745 g/mol. The van der Waals surface area contributed by atoms with Gasteiger partial charge in [-0.25, -0.2) is 9.97 Å². The Morgan fingerprint density at radius 1 is 0.692 bits per heavy atom. The Hall–Kier alpha value is -4.29. The molecule has 2 saturated heterocycles. The highest BCUT2D eigenvalue weighted by molar-refractivity contribution is 6.39. The molecule has 2 N–H and O–H groups in total. The summed E-state index contributed by atoms with van der Waals surface area (Å²) in [5, 5.41) is 8.08. The van der Waals surface area contributed by atoms with Crippen LogP contribution in [0.3, 0.4) is 0 Å². The normalized spacial score (nSPS) is 15.5. The smallest absolute Gasteiger partial charge is 0.219 e. The van der Waals surface area contributed by atoms with Gasteiger partial charge in [0, 0.05) is 99.2 Å². The van der Waals surface area contributed by atoms with Gasteiger partial charge in [-0.2, -0.15) is 0 Å². The lowest BCUT2D eigenvalue weighted by molar-refractivity contribution is -0.130. The molecule has 2 aliphatic rings. The fourth-order valence-electron chi connectivity index (χ4n) is 6.91. The van der Waals surface area contributed by atoms with Gasteiger partial charge in [-0.3, -0.25) is 14.6 Å². The van der Waals surface area contributed by atoms with Crippen LogP contribution in [0.15, 0.2) is 54.7 Å². The molecule has 6 rings (SSSR count). The molecule has 5 heterocycles. The zero-order chi connectivity index (χ0) is 36.8. The minimum atomic E-state index is 0.125. The maximum atomic E-state index is 11.7. The first kappa shape index (κ1) is 37.5. The van der Waals surface area contributed by atoms with Crippen molar-refractivity contribution in [3.8, 4) is 45.5 Å². The number of methoxy groups -OCH3 is 2. The minimum absolute atomic E-state index is 0.125. The van der Waals surface area contributed by atoms with Crippen molar-refractivity contribution >= 4 is 35.0 Å². The van der Waals surface area contributed by atoms with Crippen LogP contribution in [-0.4, -0.2) is 89.0 Å². The van der Waals surface area contributed by atoms with Crippen LogP contribution in [0, 0.1) is 0 Å². The van der Waals surface area contributed by atoms with Crippen molar-refractivity contribution in [3.05, 3.63) is 75.9 Å². The first-order valence-electron chi connectivity index (χ1n) is 17.7. The summed E-state index contributed by atoms with van der Waals surface area (Å²) >= 11 is 14.2. The first-order valence-corrected chi connectivity index (χ1v) is 18.4. The Morgan fingerprint density at radius 3 is 1.62 bits per heavy atom. The topological polar surface area (TPSA) is 122 Å². The number of amides is 2. The van der Waals surface area contributed by atoms with E-state index in [9.17, 15) is 9.59 Å². The summed E-state index contributed by atoms with van der Waals surface area (Å²) in [6, 6.07) is 16.1. The number of aromatic nitrogens is 3. The van der Waals surface area contributed by atoms with Crippen molar-refractivity contribution in [3.63, 3.8) is 0 Å². The molecule has 2 aliphatic heterocycles. The Labute approximate surface area is 315 Å². The van der Waals surface area contributed by atoms with Crippen molar-refractivity contribution in [2.45, 2.75) is 64.7 Å². The standard InChI is InChI=1S/C39H45Cl2N7O4/c1-24(49)47-18-13-28(14-19-47)43-22-26-8-10-33(45-38(26)51-3)30-6-5-7-32(35(30)40)37-36(41)31(12-17-42-37)34-11-9-27(39(46-34)52-4)23-44-29-15-20-48(21-16-29)25(2)50/h5-12,17,28-29,43-44H,13-16,18-23H2,1-4H3. The van der Waals surface area contributed by atoms with E-state index in [0.29, 0.717) is 75.2 Å². The zero-order valence-electron chi connectivity index (χ0n) is 30.0. The van der Waals surface area contributed by atoms with Crippen LogP contribution < -0.4 is 20.1 Å². The van der Waals surface area contributed by atoms with Gasteiger partial charge in [-0.15, -0.1) is 0 Å². The number of benzene rings is 1. The van der Waals surface area contributed by atoms with E-state index in [4.69, 9.17) is 42.6 Å². The average Bonchev–Trinajstić information content (AvgIpc) is 3.17. The molecule has 52 heavy (non-hydrogen) atoms. The van der Waals surface area contributed by atoms with Crippen LogP contribution in [0.5, 0.6) is 11.8 Å². The molecular weight excluding hydrogens is 701 g/mol. The number of nitrogens with one attached hydrogen (secondary N) is 2. The number of carbonyl (C=O) groups excluding carboxylic acids is 2. The highest BCUT2D eigenvalue weighted by Crippen LogP contribution is 2.41. The molecule has 0 aliphatic carbocycles. The fourth-order valence-corrected chi connectivity index (χ4v) is 7.53. The molecular formula is C39H45Cl2N7O4. The summed E-state index contributed by atoms with van der Waals surface area (Å²) in [6.07, 6.45) is 5.32. The molecule has 2 fully saturated rings. The molecule has 0 radical (unpaired) electrons. The van der Waals surface area contributed by atoms with Crippen LogP contribution in [-0.2, 0) is 22.7 Å². The molecule has 0 atom stereocenters.